The number of nitrogens with zero attached hydrogens (tertiary/aromatic N) is 4. The summed E-state index contributed by atoms with van der Waals surface area (Å²) in [6.07, 6.45) is 7.81. The highest BCUT2D eigenvalue weighted by Gasteiger charge is 2.25. The van der Waals surface area contributed by atoms with Gasteiger partial charge in [-0.2, -0.15) is 5.10 Å². The first kappa shape index (κ1) is 18.0. The predicted molar refractivity (Wildman–Crippen MR) is 103 cm³/mol. The number of para-hydroxylation sites is 1. The quantitative estimate of drug-likeness (QED) is 0.683. The van der Waals surface area contributed by atoms with Crippen LogP contribution in [0.4, 0.5) is 0 Å². The van der Waals surface area contributed by atoms with Crippen molar-refractivity contribution in [2.24, 2.45) is 0 Å². The Balaban J connectivity index is 1.26. The largest absolute Gasteiger partial charge is 0.472 e. The first-order valence-corrected chi connectivity index (χ1v) is 9.39. The molecule has 0 N–H and O–H groups in total. The number of hydrogen-bond donors (Lipinski definition) is 0. The summed E-state index contributed by atoms with van der Waals surface area (Å²) in [5, 5.41) is 4.37. The molecular weight excluding hydrogens is 356 g/mol. The summed E-state index contributed by atoms with van der Waals surface area (Å²) in [4.78, 5) is 28.5. The maximum absolute atomic E-state index is 12.5. The summed E-state index contributed by atoms with van der Waals surface area (Å²) in [6.45, 7) is 2.21. The van der Waals surface area contributed by atoms with Crippen LogP contribution >= 0.6 is 0 Å². The van der Waals surface area contributed by atoms with Gasteiger partial charge in [-0.05, 0) is 30.2 Å². The molecule has 28 heavy (non-hydrogen) atoms. The molecular formula is C21H22N4O3. The summed E-state index contributed by atoms with van der Waals surface area (Å²) in [5.74, 6) is 0.0667. The molecule has 1 aliphatic heterocycles. The number of benzene rings is 1. The van der Waals surface area contributed by atoms with Crippen LogP contribution < -0.4 is 0 Å². The summed E-state index contributed by atoms with van der Waals surface area (Å²) in [5.41, 5.74) is 2.58. The maximum Gasteiger partial charge on any atom is 0.257 e. The summed E-state index contributed by atoms with van der Waals surface area (Å²) >= 11 is 0. The van der Waals surface area contributed by atoms with Gasteiger partial charge in [-0.15, -0.1) is 0 Å². The Morgan fingerprint density at radius 1 is 1.00 bits per heavy atom. The molecule has 4 rings (SSSR count). The third kappa shape index (κ3) is 3.98. The third-order valence-corrected chi connectivity index (χ3v) is 4.97. The monoisotopic (exact) mass is 378 g/mol. The molecule has 0 bridgehead atoms. The van der Waals surface area contributed by atoms with Gasteiger partial charge in [0.05, 0.1) is 23.7 Å². The first-order chi connectivity index (χ1) is 13.7. The lowest BCUT2D eigenvalue weighted by atomic mass is 10.1. The van der Waals surface area contributed by atoms with Gasteiger partial charge in [0.2, 0.25) is 5.91 Å². The van der Waals surface area contributed by atoms with E-state index in [4.69, 9.17) is 4.42 Å². The van der Waals surface area contributed by atoms with Crippen LogP contribution in [0.5, 0.6) is 0 Å². The van der Waals surface area contributed by atoms with Gasteiger partial charge < -0.3 is 14.2 Å². The van der Waals surface area contributed by atoms with Gasteiger partial charge in [0.15, 0.2) is 0 Å². The van der Waals surface area contributed by atoms with E-state index in [9.17, 15) is 9.59 Å². The normalized spacial score (nSPS) is 14.3. The van der Waals surface area contributed by atoms with E-state index in [1.54, 1.807) is 11.0 Å². The van der Waals surface area contributed by atoms with Gasteiger partial charge >= 0.3 is 0 Å². The zero-order chi connectivity index (χ0) is 19.3. The Morgan fingerprint density at radius 3 is 2.46 bits per heavy atom. The SMILES string of the molecule is O=C(CCc1cnn(-c2ccccc2)c1)N1CCN(C(=O)c2ccoc2)CC1. The molecule has 2 aromatic heterocycles. The second kappa shape index (κ2) is 8.12. The lowest BCUT2D eigenvalue weighted by Crippen LogP contribution is -2.50. The van der Waals surface area contributed by atoms with Crippen LogP contribution in [0.15, 0.2) is 65.7 Å². The number of aromatic nitrogens is 2. The van der Waals surface area contributed by atoms with E-state index in [0.717, 1.165) is 11.3 Å². The lowest BCUT2D eigenvalue weighted by Gasteiger charge is -2.34. The van der Waals surface area contributed by atoms with Crippen molar-refractivity contribution in [1.29, 1.82) is 0 Å². The molecule has 3 heterocycles. The number of furan rings is 1. The first-order valence-electron chi connectivity index (χ1n) is 9.39. The van der Waals surface area contributed by atoms with Crippen molar-refractivity contribution in [2.75, 3.05) is 26.2 Å². The summed E-state index contributed by atoms with van der Waals surface area (Å²) in [6, 6.07) is 11.6. The van der Waals surface area contributed by atoms with Crippen LogP contribution in [-0.4, -0.2) is 57.6 Å². The zero-order valence-electron chi connectivity index (χ0n) is 15.5. The number of carbonyl (C=O) groups excluding carboxylic acids is 2. The third-order valence-electron chi connectivity index (χ3n) is 4.97. The average molecular weight is 378 g/mol. The van der Waals surface area contributed by atoms with E-state index in [1.807, 2.05) is 52.3 Å². The van der Waals surface area contributed by atoms with Gasteiger partial charge in [-0.1, -0.05) is 18.2 Å². The van der Waals surface area contributed by atoms with Crippen LogP contribution in [0.25, 0.3) is 5.69 Å². The molecule has 0 aliphatic carbocycles. The van der Waals surface area contributed by atoms with Crippen molar-refractivity contribution in [3.8, 4) is 5.69 Å². The van der Waals surface area contributed by atoms with Crippen LogP contribution in [0.3, 0.4) is 0 Å². The molecule has 0 spiro atoms. The molecule has 7 heteroatoms. The van der Waals surface area contributed by atoms with Gasteiger partial charge in [0.25, 0.3) is 5.91 Å². The fourth-order valence-corrected chi connectivity index (χ4v) is 3.35. The Hall–Kier alpha value is -3.35. The van der Waals surface area contributed by atoms with Gasteiger partial charge in [-0.3, -0.25) is 9.59 Å². The highest BCUT2D eigenvalue weighted by Crippen LogP contribution is 2.13. The number of rotatable bonds is 5. The molecule has 1 aliphatic rings. The average Bonchev–Trinajstić information content (AvgIpc) is 3.44. The molecule has 144 valence electrons. The fourth-order valence-electron chi connectivity index (χ4n) is 3.35. The second-order valence-electron chi connectivity index (χ2n) is 6.81. The van der Waals surface area contributed by atoms with E-state index < -0.39 is 0 Å². The Labute approximate surface area is 163 Å². The number of carbonyl (C=O) groups is 2. The van der Waals surface area contributed by atoms with Gasteiger partial charge in [0.1, 0.15) is 6.26 Å². The topological polar surface area (TPSA) is 71.6 Å². The zero-order valence-corrected chi connectivity index (χ0v) is 15.5. The maximum atomic E-state index is 12.5. The van der Waals surface area contributed by atoms with Crippen LogP contribution in [0.2, 0.25) is 0 Å². The molecule has 2 amide bonds. The van der Waals surface area contributed by atoms with E-state index in [2.05, 4.69) is 5.10 Å². The molecule has 3 aromatic rings. The fraction of sp³-hybridized carbons (Fsp3) is 0.286. The van der Waals surface area contributed by atoms with Crippen molar-refractivity contribution >= 4 is 11.8 Å². The summed E-state index contributed by atoms with van der Waals surface area (Å²) in [7, 11) is 0. The van der Waals surface area contributed by atoms with Gasteiger partial charge in [-0.25, -0.2) is 4.68 Å². The van der Waals surface area contributed by atoms with Crippen LogP contribution in [0, 0.1) is 0 Å². The highest BCUT2D eigenvalue weighted by atomic mass is 16.3. The van der Waals surface area contributed by atoms with Crippen molar-refractivity contribution < 1.29 is 14.0 Å². The van der Waals surface area contributed by atoms with Crippen LogP contribution in [-0.2, 0) is 11.2 Å². The van der Waals surface area contributed by atoms with Crippen molar-refractivity contribution in [3.63, 3.8) is 0 Å². The van der Waals surface area contributed by atoms with Crippen molar-refractivity contribution in [2.45, 2.75) is 12.8 Å². The number of aryl methyl sites for hydroxylation is 1. The molecule has 1 fully saturated rings. The minimum absolute atomic E-state index is 0.0471. The van der Waals surface area contributed by atoms with Crippen LogP contribution in [0.1, 0.15) is 22.3 Å². The molecule has 1 saturated heterocycles. The smallest absolute Gasteiger partial charge is 0.257 e. The summed E-state index contributed by atoms with van der Waals surface area (Å²) < 4.78 is 6.79. The van der Waals surface area contributed by atoms with E-state index in [1.165, 1.54) is 12.5 Å². The van der Waals surface area contributed by atoms with E-state index >= 15 is 0 Å². The number of piperazine rings is 1. The Bertz CT molecular complexity index is 926. The Morgan fingerprint density at radius 2 is 1.75 bits per heavy atom. The minimum Gasteiger partial charge on any atom is -0.472 e. The molecule has 0 radical (unpaired) electrons. The van der Waals surface area contributed by atoms with E-state index in [0.29, 0.717) is 44.6 Å². The molecule has 0 unspecified atom stereocenters. The number of hydrogen-bond acceptors (Lipinski definition) is 4. The minimum atomic E-state index is -0.0471. The highest BCUT2D eigenvalue weighted by molar-refractivity contribution is 5.94. The Kier molecular flexibility index (Phi) is 5.23. The molecule has 0 atom stereocenters. The molecule has 0 saturated carbocycles. The van der Waals surface area contributed by atoms with Gasteiger partial charge in [0, 0.05) is 38.8 Å². The van der Waals surface area contributed by atoms with E-state index in [-0.39, 0.29) is 11.8 Å². The standard InChI is InChI=1S/C21H22N4O3/c26-20(7-6-17-14-22-25(15-17)19-4-2-1-3-5-19)23-9-11-24(12-10-23)21(27)18-8-13-28-16-18/h1-5,8,13-16H,6-7,9-12H2. The molecule has 7 nitrogen and oxygen atoms in total. The second-order valence-corrected chi connectivity index (χ2v) is 6.81. The lowest BCUT2D eigenvalue weighted by molar-refractivity contribution is -0.132. The predicted octanol–water partition coefficient (Wildman–Crippen LogP) is 2.38. The van der Waals surface area contributed by atoms with Crippen molar-refractivity contribution in [1.82, 2.24) is 19.6 Å². The van der Waals surface area contributed by atoms with Crippen molar-refractivity contribution in [3.05, 3.63) is 72.4 Å². The molecule has 1 aromatic carbocycles. The number of amides is 2.